The van der Waals surface area contributed by atoms with Crippen LogP contribution in [-0.2, 0) is 0 Å². The van der Waals surface area contributed by atoms with Crippen LogP contribution in [0.25, 0.3) is 0 Å². The third kappa shape index (κ3) is 4.64. The van der Waals surface area contributed by atoms with Gasteiger partial charge in [0.2, 0.25) is 0 Å². The minimum absolute atomic E-state index is 0.163. The molecule has 0 aliphatic rings. The van der Waals surface area contributed by atoms with Crippen molar-refractivity contribution in [1.82, 2.24) is 0 Å². The van der Waals surface area contributed by atoms with Crippen LogP contribution in [-0.4, -0.2) is 29.5 Å². The van der Waals surface area contributed by atoms with Crippen LogP contribution >= 0.6 is 0 Å². The SMILES string of the molecule is CC(C)C(O)COc1cccc(C(O)CCN)c1. The molecule has 0 heterocycles. The molecular formula is C14H23NO3. The number of hydrogen-bond donors (Lipinski definition) is 3. The van der Waals surface area contributed by atoms with Gasteiger partial charge in [-0.05, 0) is 36.6 Å². The van der Waals surface area contributed by atoms with Gasteiger partial charge in [0.15, 0.2) is 0 Å². The van der Waals surface area contributed by atoms with Crippen LogP contribution in [0.15, 0.2) is 24.3 Å². The van der Waals surface area contributed by atoms with E-state index in [1.165, 1.54) is 0 Å². The number of aliphatic hydroxyl groups excluding tert-OH is 2. The summed E-state index contributed by atoms with van der Waals surface area (Å²) in [6.07, 6.45) is -0.519. The van der Waals surface area contributed by atoms with Crippen LogP contribution in [0.2, 0.25) is 0 Å². The number of aliphatic hydroxyl groups is 2. The first-order valence-corrected chi connectivity index (χ1v) is 6.33. The van der Waals surface area contributed by atoms with E-state index in [2.05, 4.69) is 0 Å². The fourth-order valence-corrected chi connectivity index (χ4v) is 1.51. The molecule has 0 aliphatic heterocycles. The second-order valence-electron chi connectivity index (χ2n) is 4.79. The van der Waals surface area contributed by atoms with Gasteiger partial charge >= 0.3 is 0 Å². The summed E-state index contributed by atoms with van der Waals surface area (Å²) in [4.78, 5) is 0. The average molecular weight is 253 g/mol. The zero-order valence-electron chi connectivity index (χ0n) is 11.0. The highest BCUT2D eigenvalue weighted by Gasteiger charge is 2.11. The molecule has 0 aliphatic carbocycles. The summed E-state index contributed by atoms with van der Waals surface area (Å²) < 4.78 is 5.51. The predicted molar refractivity (Wildman–Crippen MR) is 71.4 cm³/mol. The molecule has 4 heteroatoms. The van der Waals surface area contributed by atoms with Crippen LogP contribution in [0.5, 0.6) is 5.75 Å². The molecule has 0 aromatic heterocycles. The highest BCUT2D eigenvalue weighted by atomic mass is 16.5. The lowest BCUT2D eigenvalue weighted by Gasteiger charge is -2.16. The van der Waals surface area contributed by atoms with E-state index in [0.717, 1.165) is 5.56 Å². The lowest BCUT2D eigenvalue weighted by atomic mass is 10.1. The van der Waals surface area contributed by atoms with Crippen molar-refractivity contribution in [2.24, 2.45) is 11.7 Å². The Morgan fingerprint density at radius 1 is 1.28 bits per heavy atom. The number of benzene rings is 1. The molecule has 102 valence electrons. The summed E-state index contributed by atoms with van der Waals surface area (Å²) in [6.45, 7) is 4.58. The fraction of sp³-hybridized carbons (Fsp3) is 0.571. The first-order chi connectivity index (χ1) is 8.54. The van der Waals surface area contributed by atoms with Crippen molar-refractivity contribution in [1.29, 1.82) is 0 Å². The molecule has 2 unspecified atom stereocenters. The van der Waals surface area contributed by atoms with Crippen LogP contribution in [0.3, 0.4) is 0 Å². The Labute approximate surface area is 108 Å². The van der Waals surface area contributed by atoms with Gasteiger partial charge in [0.25, 0.3) is 0 Å². The molecule has 1 rings (SSSR count). The number of rotatable bonds is 7. The smallest absolute Gasteiger partial charge is 0.119 e. The van der Waals surface area contributed by atoms with Crippen molar-refractivity contribution in [3.8, 4) is 5.75 Å². The average Bonchev–Trinajstić information content (AvgIpc) is 2.36. The molecule has 0 radical (unpaired) electrons. The van der Waals surface area contributed by atoms with E-state index in [9.17, 15) is 10.2 Å². The first kappa shape index (κ1) is 15.0. The predicted octanol–water partition coefficient (Wildman–Crippen LogP) is 1.46. The van der Waals surface area contributed by atoms with Crippen molar-refractivity contribution in [2.75, 3.05) is 13.2 Å². The van der Waals surface area contributed by atoms with Crippen LogP contribution < -0.4 is 10.5 Å². The molecule has 0 fully saturated rings. The van der Waals surface area contributed by atoms with Gasteiger partial charge in [-0.25, -0.2) is 0 Å². The van der Waals surface area contributed by atoms with E-state index in [1.807, 2.05) is 32.0 Å². The van der Waals surface area contributed by atoms with Gasteiger partial charge in [-0.15, -0.1) is 0 Å². The quantitative estimate of drug-likeness (QED) is 0.687. The molecule has 4 nitrogen and oxygen atoms in total. The number of nitrogens with two attached hydrogens (primary N) is 1. The third-order valence-electron chi connectivity index (χ3n) is 2.87. The summed E-state index contributed by atoms with van der Waals surface area (Å²) in [6, 6.07) is 7.26. The molecule has 0 bridgehead atoms. The molecule has 0 saturated carbocycles. The zero-order valence-corrected chi connectivity index (χ0v) is 11.0. The Hall–Kier alpha value is -1.10. The lowest BCUT2D eigenvalue weighted by molar-refractivity contribution is 0.0699. The largest absolute Gasteiger partial charge is 0.491 e. The van der Waals surface area contributed by atoms with E-state index in [0.29, 0.717) is 18.7 Å². The molecule has 0 spiro atoms. The fourth-order valence-electron chi connectivity index (χ4n) is 1.51. The van der Waals surface area contributed by atoms with Crippen LogP contribution in [0, 0.1) is 5.92 Å². The number of hydrogen-bond acceptors (Lipinski definition) is 4. The normalized spacial score (nSPS) is 14.6. The molecule has 1 aromatic carbocycles. The van der Waals surface area contributed by atoms with Crippen LogP contribution in [0.4, 0.5) is 0 Å². The van der Waals surface area contributed by atoms with Crippen molar-refractivity contribution in [3.63, 3.8) is 0 Å². The Balaban J connectivity index is 2.59. The second kappa shape index (κ2) is 7.36. The second-order valence-corrected chi connectivity index (χ2v) is 4.79. The van der Waals surface area contributed by atoms with Gasteiger partial charge in [0, 0.05) is 0 Å². The summed E-state index contributed by atoms with van der Waals surface area (Å²) in [5, 5.41) is 19.5. The molecule has 2 atom stereocenters. The topological polar surface area (TPSA) is 75.7 Å². The summed E-state index contributed by atoms with van der Waals surface area (Å²) in [5.41, 5.74) is 6.20. The number of ether oxygens (including phenoxy) is 1. The van der Waals surface area contributed by atoms with Gasteiger partial charge in [0.05, 0.1) is 12.2 Å². The third-order valence-corrected chi connectivity index (χ3v) is 2.87. The monoisotopic (exact) mass is 253 g/mol. The summed E-state index contributed by atoms with van der Waals surface area (Å²) in [7, 11) is 0. The standard InChI is InChI=1S/C14H23NO3/c1-10(2)14(17)9-18-12-5-3-4-11(8-12)13(16)6-7-15/h3-5,8,10,13-14,16-17H,6-7,9,15H2,1-2H3. The van der Waals surface area contributed by atoms with Crippen LogP contribution in [0.1, 0.15) is 31.9 Å². The van der Waals surface area contributed by atoms with Crippen molar-refractivity contribution < 1.29 is 14.9 Å². The minimum atomic E-state index is -0.562. The lowest BCUT2D eigenvalue weighted by Crippen LogP contribution is -2.23. The highest BCUT2D eigenvalue weighted by molar-refractivity contribution is 5.29. The van der Waals surface area contributed by atoms with Crippen molar-refractivity contribution in [3.05, 3.63) is 29.8 Å². The highest BCUT2D eigenvalue weighted by Crippen LogP contribution is 2.21. The minimum Gasteiger partial charge on any atom is -0.491 e. The van der Waals surface area contributed by atoms with Gasteiger partial charge in [0.1, 0.15) is 12.4 Å². The first-order valence-electron chi connectivity index (χ1n) is 6.33. The summed E-state index contributed by atoms with van der Waals surface area (Å²) in [5.74, 6) is 0.819. The molecule has 4 N–H and O–H groups in total. The van der Waals surface area contributed by atoms with E-state index in [4.69, 9.17) is 10.5 Å². The summed E-state index contributed by atoms with van der Waals surface area (Å²) >= 11 is 0. The van der Waals surface area contributed by atoms with Gasteiger partial charge in [-0.2, -0.15) is 0 Å². The molecule has 0 saturated heterocycles. The Morgan fingerprint density at radius 3 is 2.61 bits per heavy atom. The van der Waals surface area contributed by atoms with Crippen molar-refractivity contribution in [2.45, 2.75) is 32.5 Å². The van der Waals surface area contributed by atoms with E-state index < -0.39 is 12.2 Å². The van der Waals surface area contributed by atoms with Gasteiger partial charge < -0.3 is 20.7 Å². The Morgan fingerprint density at radius 2 is 2.00 bits per heavy atom. The van der Waals surface area contributed by atoms with E-state index in [1.54, 1.807) is 6.07 Å². The van der Waals surface area contributed by atoms with Gasteiger partial charge in [-0.1, -0.05) is 26.0 Å². The molecule has 1 aromatic rings. The Bertz CT molecular complexity index is 355. The zero-order chi connectivity index (χ0) is 13.5. The molecule has 0 amide bonds. The van der Waals surface area contributed by atoms with Gasteiger partial charge in [-0.3, -0.25) is 0 Å². The maximum Gasteiger partial charge on any atom is 0.119 e. The maximum atomic E-state index is 9.83. The molecular weight excluding hydrogens is 230 g/mol. The van der Waals surface area contributed by atoms with E-state index >= 15 is 0 Å². The Kier molecular flexibility index (Phi) is 6.12. The van der Waals surface area contributed by atoms with Crippen molar-refractivity contribution >= 4 is 0 Å². The molecule has 18 heavy (non-hydrogen) atoms. The van der Waals surface area contributed by atoms with E-state index in [-0.39, 0.29) is 12.5 Å². The maximum absolute atomic E-state index is 9.83.